The van der Waals surface area contributed by atoms with Crippen LogP contribution in [0.25, 0.3) is 0 Å². The summed E-state index contributed by atoms with van der Waals surface area (Å²) < 4.78 is 53.3. The third kappa shape index (κ3) is 1.85. The maximum Gasteiger partial charge on any atom is 0.497 e. The van der Waals surface area contributed by atoms with E-state index in [1.807, 2.05) is 0 Å². The minimum absolute atomic E-state index is 0.118. The highest BCUT2D eigenvalue weighted by Gasteiger charge is 2.44. The first-order chi connectivity index (χ1) is 3.81. The SMILES string of the molecule is C[CH]S(=O)(=O)C(F)(F)F. The van der Waals surface area contributed by atoms with Crippen molar-refractivity contribution >= 4 is 9.84 Å². The lowest BCUT2D eigenvalue weighted by Gasteiger charge is -2.02. The smallest absolute Gasteiger partial charge is 0.219 e. The largest absolute Gasteiger partial charge is 0.497 e. The van der Waals surface area contributed by atoms with Gasteiger partial charge < -0.3 is 0 Å². The average molecular weight is 161 g/mol. The van der Waals surface area contributed by atoms with Gasteiger partial charge in [-0.1, -0.05) is 0 Å². The maximum atomic E-state index is 11.2. The van der Waals surface area contributed by atoms with E-state index in [-0.39, 0.29) is 5.75 Å². The molecule has 0 atom stereocenters. The second kappa shape index (κ2) is 2.17. The van der Waals surface area contributed by atoms with Gasteiger partial charge >= 0.3 is 5.51 Å². The van der Waals surface area contributed by atoms with Crippen molar-refractivity contribution in [2.24, 2.45) is 0 Å². The van der Waals surface area contributed by atoms with Crippen LogP contribution in [0.2, 0.25) is 0 Å². The number of halogens is 3. The Morgan fingerprint density at radius 1 is 1.33 bits per heavy atom. The molecule has 55 valence electrons. The van der Waals surface area contributed by atoms with Crippen molar-refractivity contribution in [2.75, 3.05) is 0 Å². The lowest BCUT2D eigenvalue weighted by atomic mass is 11.0. The highest BCUT2D eigenvalue weighted by atomic mass is 32.2. The zero-order valence-corrected chi connectivity index (χ0v) is 5.25. The van der Waals surface area contributed by atoms with Crippen molar-refractivity contribution in [2.45, 2.75) is 12.4 Å². The summed E-state index contributed by atoms with van der Waals surface area (Å²) in [7, 11) is -4.96. The fraction of sp³-hybridized carbons (Fsp3) is 0.667. The molecule has 0 spiro atoms. The fourth-order valence-electron chi connectivity index (χ4n) is 0.134. The number of hydrogen-bond donors (Lipinski definition) is 0. The molecule has 0 aromatic rings. The lowest BCUT2D eigenvalue weighted by Crippen LogP contribution is -2.21. The summed E-state index contributed by atoms with van der Waals surface area (Å²) in [5.74, 6) is 0.118. The van der Waals surface area contributed by atoms with E-state index >= 15 is 0 Å². The standard InChI is InChI=1S/C3H4F3O2S/c1-2-9(7,8)3(4,5)6/h2H,1H3. The monoisotopic (exact) mass is 161 g/mol. The Morgan fingerprint density at radius 3 is 1.67 bits per heavy atom. The van der Waals surface area contributed by atoms with Crippen molar-refractivity contribution in [3.63, 3.8) is 0 Å². The zero-order chi connectivity index (χ0) is 7.71. The van der Waals surface area contributed by atoms with E-state index in [9.17, 15) is 21.6 Å². The van der Waals surface area contributed by atoms with Gasteiger partial charge in [0.2, 0.25) is 0 Å². The summed E-state index contributed by atoms with van der Waals surface area (Å²) in [6.45, 7) is 0.822. The topological polar surface area (TPSA) is 34.1 Å². The third-order valence-electron chi connectivity index (χ3n) is 0.633. The van der Waals surface area contributed by atoms with Gasteiger partial charge in [-0.15, -0.1) is 0 Å². The molecule has 0 heterocycles. The molecular weight excluding hydrogens is 157 g/mol. The van der Waals surface area contributed by atoms with Gasteiger partial charge in [-0.05, 0) is 6.92 Å². The minimum Gasteiger partial charge on any atom is -0.219 e. The van der Waals surface area contributed by atoms with Crippen molar-refractivity contribution < 1.29 is 21.6 Å². The van der Waals surface area contributed by atoms with Gasteiger partial charge in [0.1, 0.15) is 0 Å². The summed E-state index contributed by atoms with van der Waals surface area (Å²) >= 11 is 0. The molecule has 0 aromatic heterocycles. The fourth-order valence-corrected chi connectivity index (χ4v) is 0.401. The molecule has 0 rings (SSSR count). The molecule has 1 radical (unpaired) electrons. The molecular formula is C3H4F3O2S. The molecule has 0 aromatic carbocycles. The van der Waals surface area contributed by atoms with E-state index in [1.165, 1.54) is 0 Å². The quantitative estimate of drug-likeness (QED) is 0.577. The van der Waals surface area contributed by atoms with Crippen LogP contribution in [0.3, 0.4) is 0 Å². The first-order valence-corrected chi connectivity index (χ1v) is 3.46. The zero-order valence-electron chi connectivity index (χ0n) is 4.44. The van der Waals surface area contributed by atoms with E-state index in [0.29, 0.717) is 0 Å². The lowest BCUT2D eigenvalue weighted by molar-refractivity contribution is -0.0427. The van der Waals surface area contributed by atoms with Crippen LogP contribution in [0.5, 0.6) is 0 Å². The van der Waals surface area contributed by atoms with Crippen molar-refractivity contribution in [1.29, 1.82) is 0 Å². The summed E-state index contributed by atoms with van der Waals surface area (Å²) in [5, 5.41) is 0. The third-order valence-corrected chi connectivity index (χ3v) is 1.90. The minimum atomic E-state index is -5.14. The van der Waals surface area contributed by atoms with Gasteiger partial charge in [-0.25, -0.2) is 8.42 Å². The Morgan fingerprint density at radius 2 is 1.67 bits per heavy atom. The molecule has 0 bridgehead atoms. The van der Waals surface area contributed by atoms with Crippen molar-refractivity contribution in [3.8, 4) is 0 Å². The highest BCUT2D eigenvalue weighted by molar-refractivity contribution is 7.94. The van der Waals surface area contributed by atoms with Gasteiger partial charge in [0.05, 0.1) is 5.75 Å². The molecule has 0 saturated heterocycles. The highest BCUT2D eigenvalue weighted by Crippen LogP contribution is 2.24. The van der Waals surface area contributed by atoms with Crippen molar-refractivity contribution in [1.82, 2.24) is 0 Å². The van der Waals surface area contributed by atoms with E-state index < -0.39 is 15.3 Å². The Bertz CT molecular complexity index is 178. The summed E-state index contributed by atoms with van der Waals surface area (Å²) in [5.41, 5.74) is -5.14. The van der Waals surface area contributed by atoms with Crippen LogP contribution in [0.1, 0.15) is 6.92 Å². The maximum absolute atomic E-state index is 11.2. The van der Waals surface area contributed by atoms with E-state index in [0.717, 1.165) is 6.92 Å². The van der Waals surface area contributed by atoms with Crippen LogP contribution in [-0.2, 0) is 9.84 Å². The predicted molar refractivity (Wildman–Crippen MR) is 24.9 cm³/mol. The molecule has 0 aliphatic rings. The van der Waals surface area contributed by atoms with Gasteiger partial charge in [0.25, 0.3) is 9.84 Å². The Balaban J connectivity index is 4.57. The van der Waals surface area contributed by atoms with E-state index in [2.05, 4.69) is 0 Å². The molecule has 0 fully saturated rings. The first-order valence-electron chi connectivity index (χ1n) is 1.92. The second-order valence-corrected chi connectivity index (χ2v) is 3.25. The Kier molecular flexibility index (Phi) is 2.10. The molecule has 0 amide bonds. The van der Waals surface area contributed by atoms with E-state index in [4.69, 9.17) is 0 Å². The summed E-state index contributed by atoms with van der Waals surface area (Å²) in [6.07, 6.45) is 0. The number of alkyl halides is 3. The van der Waals surface area contributed by atoms with Gasteiger partial charge in [0, 0.05) is 0 Å². The van der Waals surface area contributed by atoms with Crippen LogP contribution < -0.4 is 0 Å². The number of rotatable bonds is 1. The van der Waals surface area contributed by atoms with E-state index in [1.54, 1.807) is 0 Å². The molecule has 0 aliphatic heterocycles. The van der Waals surface area contributed by atoms with Gasteiger partial charge in [-0.2, -0.15) is 13.2 Å². The number of hydrogen-bond acceptors (Lipinski definition) is 2. The van der Waals surface area contributed by atoms with Crippen LogP contribution >= 0.6 is 0 Å². The molecule has 2 nitrogen and oxygen atoms in total. The average Bonchev–Trinajstić information content (AvgIpc) is 1.64. The van der Waals surface area contributed by atoms with Gasteiger partial charge in [-0.3, -0.25) is 0 Å². The molecule has 0 N–H and O–H groups in total. The van der Waals surface area contributed by atoms with Crippen LogP contribution in [0.15, 0.2) is 0 Å². The Labute approximate surface area is 50.6 Å². The van der Waals surface area contributed by atoms with Crippen LogP contribution in [0, 0.1) is 5.75 Å². The van der Waals surface area contributed by atoms with Gasteiger partial charge in [0.15, 0.2) is 0 Å². The normalized spacial score (nSPS) is 13.8. The summed E-state index contributed by atoms with van der Waals surface area (Å²) in [4.78, 5) is 0. The van der Waals surface area contributed by atoms with Crippen LogP contribution in [-0.4, -0.2) is 13.9 Å². The summed E-state index contributed by atoms with van der Waals surface area (Å²) in [6, 6.07) is 0. The Hall–Kier alpha value is -0.260. The molecule has 9 heavy (non-hydrogen) atoms. The van der Waals surface area contributed by atoms with Crippen molar-refractivity contribution in [3.05, 3.63) is 5.75 Å². The number of sulfone groups is 1. The molecule has 0 saturated carbocycles. The predicted octanol–water partition coefficient (Wildman–Crippen LogP) is 1.10. The molecule has 0 unspecified atom stereocenters. The molecule has 6 heteroatoms. The molecule has 0 aliphatic carbocycles. The van der Waals surface area contributed by atoms with Crippen LogP contribution in [0.4, 0.5) is 13.2 Å². The second-order valence-electron chi connectivity index (χ2n) is 1.23. The first kappa shape index (κ1) is 8.74.